The lowest BCUT2D eigenvalue weighted by molar-refractivity contribution is -0.120. The fourth-order valence-electron chi connectivity index (χ4n) is 3.04. The SMILES string of the molecule is Cn1nc2ccc(OCc3ccccn3)cc2c1C(=O)NC1(C(N)=O)C=CON=C1. The predicted octanol–water partition coefficient (Wildman–Crippen LogP) is 1.03. The molecule has 0 aliphatic carbocycles. The number of fused-ring (bicyclic) bond motifs is 1. The molecule has 1 unspecified atom stereocenters. The molecule has 1 aromatic carbocycles. The molecule has 2 amide bonds. The highest BCUT2D eigenvalue weighted by atomic mass is 16.6. The van der Waals surface area contributed by atoms with Crippen molar-refractivity contribution in [3.8, 4) is 5.75 Å². The van der Waals surface area contributed by atoms with E-state index in [-0.39, 0.29) is 12.3 Å². The molecule has 0 fully saturated rings. The van der Waals surface area contributed by atoms with Crippen molar-refractivity contribution in [2.75, 3.05) is 0 Å². The van der Waals surface area contributed by atoms with Gasteiger partial charge < -0.3 is 20.6 Å². The number of nitrogens with zero attached hydrogens (tertiary/aromatic N) is 4. The molecule has 0 bridgehead atoms. The Hall–Kier alpha value is -4.21. The summed E-state index contributed by atoms with van der Waals surface area (Å²) in [6, 6.07) is 10.8. The minimum atomic E-state index is -1.60. The lowest BCUT2D eigenvalue weighted by atomic mass is 9.99. The van der Waals surface area contributed by atoms with Crippen LogP contribution in [0, 0.1) is 0 Å². The van der Waals surface area contributed by atoms with Gasteiger partial charge in [-0.2, -0.15) is 5.10 Å². The predicted molar refractivity (Wildman–Crippen MR) is 107 cm³/mol. The van der Waals surface area contributed by atoms with E-state index in [1.165, 1.54) is 17.0 Å². The van der Waals surface area contributed by atoms with Crippen LogP contribution < -0.4 is 15.8 Å². The van der Waals surface area contributed by atoms with Gasteiger partial charge in [0.2, 0.25) is 0 Å². The average molecular weight is 406 g/mol. The van der Waals surface area contributed by atoms with E-state index in [0.29, 0.717) is 16.7 Å². The summed E-state index contributed by atoms with van der Waals surface area (Å²) in [6.07, 6.45) is 5.32. The molecule has 1 aliphatic heterocycles. The zero-order valence-electron chi connectivity index (χ0n) is 16.0. The third-order valence-corrected chi connectivity index (χ3v) is 4.57. The van der Waals surface area contributed by atoms with Crippen molar-refractivity contribution < 1.29 is 19.2 Å². The first-order valence-corrected chi connectivity index (χ1v) is 8.98. The maximum atomic E-state index is 13.0. The monoisotopic (exact) mass is 406 g/mol. The molecule has 10 nitrogen and oxygen atoms in total. The smallest absolute Gasteiger partial charge is 0.271 e. The number of oxime groups is 1. The number of nitrogens with two attached hydrogens (primary N) is 1. The van der Waals surface area contributed by atoms with Crippen LogP contribution in [0.5, 0.6) is 5.75 Å². The van der Waals surface area contributed by atoms with E-state index >= 15 is 0 Å². The summed E-state index contributed by atoms with van der Waals surface area (Å²) < 4.78 is 7.23. The molecule has 30 heavy (non-hydrogen) atoms. The van der Waals surface area contributed by atoms with Crippen molar-refractivity contribution in [2.24, 2.45) is 17.9 Å². The lowest BCUT2D eigenvalue weighted by Crippen LogP contribution is -2.58. The highest BCUT2D eigenvalue weighted by molar-refractivity contribution is 6.13. The second kappa shape index (κ2) is 7.66. The minimum absolute atomic E-state index is 0.238. The summed E-state index contributed by atoms with van der Waals surface area (Å²) in [5.41, 5.74) is 5.48. The Labute approximate surface area is 171 Å². The molecule has 0 saturated heterocycles. The van der Waals surface area contributed by atoms with Gasteiger partial charge in [-0.15, -0.1) is 0 Å². The Bertz CT molecular complexity index is 1160. The molecule has 2 aromatic heterocycles. The molecular weight excluding hydrogens is 388 g/mol. The number of rotatable bonds is 6. The van der Waals surface area contributed by atoms with Gasteiger partial charge in [-0.1, -0.05) is 11.2 Å². The Morgan fingerprint density at radius 3 is 2.87 bits per heavy atom. The van der Waals surface area contributed by atoms with Crippen molar-refractivity contribution in [1.29, 1.82) is 0 Å². The van der Waals surface area contributed by atoms with Crippen molar-refractivity contribution in [3.63, 3.8) is 0 Å². The molecule has 4 rings (SSSR count). The van der Waals surface area contributed by atoms with Gasteiger partial charge in [0.05, 0.1) is 17.4 Å². The van der Waals surface area contributed by atoms with Crippen LogP contribution in [0.4, 0.5) is 0 Å². The average Bonchev–Trinajstić information content (AvgIpc) is 3.08. The lowest BCUT2D eigenvalue weighted by Gasteiger charge is -2.25. The van der Waals surface area contributed by atoms with Crippen LogP contribution in [0.25, 0.3) is 10.9 Å². The largest absolute Gasteiger partial charge is 0.487 e. The summed E-state index contributed by atoms with van der Waals surface area (Å²) in [6.45, 7) is 0.278. The summed E-state index contributed by atoms with van der Waals surface area (Å²) >= 11 is 0. The first kappa shape index (κ1) is 19.1. The van der Waals surface area contributed by atoms with Crippen molar-refractivity contribution >= 4 is 28.9 Å². The van der Waals surface area contributed by atoms with Gasteiger partial charge in [0.15, 0.2) is 5.54 Å². The maximum absolute atomic E-state index is 13.0. The number of hydrogen-bond donors (Lipinski definition) is 2. The quantitative estimate of drug-likeness (QED) is 0.628. The molecule has 3 N–H and O–H groups in total. The van der Waals surface area contributed by atoms with Crippen LogP contribution in [0.3, 0.4) is 0 Å². The van der Waals surface area contributed by atoms with Crippen molar-refractivity contribution in [1.82, 2.24) is 20.1 Å². The number of primary amides is 1. The van der Waals surface area contributed by atoms with Crippen LogP contribution in [-0.2, 0) is 23.3 Å². The first-order valence-electron chi connectivity index (χ1n) is 8.98. The van der Waals surface area contributed by atoms with E-state index < -0.39 is 17.4 Å². The van der Waals surface area contributed by atoms with E-state index in [1.54, 1.807) is 31.4 Å². The third-order valence-electron chi connectivity index (χ3n) is 4.57. The summed E-state index contributed by atoms with van der Waals surface area (Å²) in [4.78, 5) is 33.9. The van der Waals surface area contributed by atoms with Crippen LogP contribution in [0.1, 0.15) is 16.2 Å². The highest BCUT2D eigenvalue weighted by Crippen LogP contribution is 2.25. The number of nitrogens with one attached hydrogen (secondary N) is 1. The van der Waals surface area contributed by atoms with E-state index in [1.807, 2.05) is 18.2 Å². The maximum Gasteiger partial charge on any atom is 0.271 e. The van der Waals surface area contributed by atoms with Crippen LogP contribution >= 0.6 is 0 Å². The number of hydrogen-bond acceptors (Lipinski definition) is 7. The fraction of sp³-hybridized carbons (Fsp3) is 0.150. The van der Waals surface area contributed by atoms with Crippen LogP contribution in [-0.4, -0.2) is 38.3 Å². The van der Waals surface area contributed by atoms with Crippen molar-refractivity contribution in [3.05, 3.63) is 66.3 Å². The number of ether oxygens (including phenoxy) is 1. The molecule has 0 saturated carbocycles. The molecule has 3 aromatic rings. The first-order chi connectivity index (χ1) is 14.5. The topological polar surface area (TPSA) is 134 Å². The van der Waals surface area contributed by atoms with Gasteiger partial charge in [0.1, 0.15) is 24.3 Å². The van der Waals surface area contributed by atoms with Gasteiger partial charge >= 0.3 is 0 Å². The molecule has 0 radical (unpaired) electrons. The van der Waals surface area contributed by atoms with E-state index in [2.05, 4.69) is 20.6 Å². The third kappa shape index (κ3) is 3.58. The van der Waals surface area contributed by atoms with Gasteiger partial charge in [-0.3, -0.25) is 19.3 Å². The summed E-state index contributed by atoms with van der Waals surface area (Å²) in [5.74, 6) is -0.809. The summed E-state index contributed by atoms with van der Waals surface area (Å²) in [7, 11) is 1.63. The fourth-order valence-corrected chi connectivity index (χ4v) is 3.04. The van der Waals surface area contributed by atoms with Crippen LogP contribution in [0.2, 0.25) is 0 Å². The highest BCUT2D eigenvalue weighted by Gasteiger charge is 2.37. The number of benzene rings is 1. The number of aromatic nitrogens is 3. The molecule has 1 aliphatic rings. The Balaban J connectivity index is 1.63. The Kier molecular flexibility index (Phi) is 4.88. The molecule has 152 valence electrons. The zero-order chi connectivity index (χ0) is 21.1. The van der Waals surface area contributed by atoms with E-state index in [9.17, 15) is 9.59 Å². The molecule has 1 atom stereocenters. The standard InChI is InChI=1S/C20H18N6O4/c1-26-17(18(27)24-20(19(21)28)7-9-30-23-12-20)15-10-14(5-6-16(15)25-26)29-11-13-4-2-3-8-22-13/h2-10,12H,11H2,1H3,(H2,21,28)(H,24,27). The van der Waals surface area contributed by atoms with Crippen LogP contribution in [0.15, 0.2) is 60.1 Å². The van der Waals surface area contributed by atoms with Gasteiger partial charge in [0.25, 0.3) is 11.8 Å². The molecule has 3 heterocycles. The number of carbonyl (C=O) groups is 2. The Morgan fingerprint density at radius 2 is 2.17 bits per heavy atom. The van der Waals surface area contributed by atoms with Crippen molar-refractivity contribution in [2.45, 2.75) is 12.1 Å². The number of pyridine rings is 1. The molecule has 0 spiro atoms. The van der Waals surface area contributed by atoms with E-state index in [0.717, 1.165) is 11.9 Å². The summed E-state index contributed by atoms with van der Waals surface area (Å²) in [5, 5.41) is 11.1. The minimum Gasteiger partial charge on any atom is -0.487 e. The number of amides is 2. The zero-order valence-corrected chi connectivity index (χ0v) is 16.0. The van der Waals surface area contributed by atoms with Gasteiger partial charge in [-0.05, 0) is 36.4 Å². The normalized spacial score (nSPS) is 17.5. The van der Waals surface area contributed by atoms with E-state index in [4.69, 9.17) is 15.3 Å². The second-order valence-corrected chi connectivity index (χ2v) is 6.59. The van der Waals surface area contributed by atoms with Gasteiger partial charge in [-0.25, -0.2) is 0 Å². The molecule has 10 heteroatoms. The number of carbonyl (C=O) groups excluding carboxylic acids is 2. The van der Waals surface area contributed by atoms with Gasteiger partial charge in [0, 0.05) is 18.6 Å². The second-order valence-electron chi connectivity index (χ2n) is 6.59. The number of aryl methyl sites for hydroxylation is 1. The molecular formula is C20H18N6O4. The Morgan fingerprint density at radius 1 is 1.30 bits per heavy atom.